The number of carbonyl (C=O) groups is 2. The minimum Gasteiger partial charge on any atom is -0.366 e. The SMILES string of the molecule is NC(=O)c1ccc(NC(=O)N(CCC(F)(F)F)C2CCC2)c(F)c1. The number of amides is 3. The van der Waals surface area contributed by atoms with Crippen molar-refractivity contribution < 1.29 is 27.2 Å². The van der Waals surface area contributed by atoms with Crippen LogP contribution in [0.4, 0.5) is 28.0 Å². The van der Waals surface area contributed by atoms with E-state index in [2.05, 4.69) is 5.32 Å². The number of benzene rings is 1. The minimum absolute atomic E-state index is 0.0709. The molecule has 0 aromatic heterocycles. The standard InChI is InChI=1S/C15H17F4N3O2/c16-11-8-9(13(20)23)4-5-12(11)21-14(24)22(10-2-1-3-10)7-6-15(17,18)19/h4-5,8,10H,1-3,6-7H2,(H2,20,23)(H,21,24). The van der Waals surface area contributed by atoms with E-state index >= 15 is 0 Å². The van der Waals surface area contributed by atoms with Gasteiger partial charge < -0.3 is 16.0 Å². The van der Waals surface area contributed by atoms with Gasteiger partial charge in [0.1, 0.15) is 5.82 Å². The van der Waals surface area contributed by atoms with Gasteiger partial charge in [-0.15, -0.1) is 0 Å². The number of halogens is 4. The molecular formula is C15H17F4N3O2. The molecule has 1 aliphatic rings. The fraction of sp³-hybridized carbons (Fsp3) is 0.467. The Hall–Kier alpha value is -2.32. The summed E-state index contributed by atoms with van der Waals surface area (Å²) in [5, 5.41) is 2.25. The summed E-state index contributed by atoms with van der Waals surface area (Å²) in [5.74, 6) is -1.71. The lowest BCUT2D eigenvalue weighted by atomic mass is 9.91. The van der Waals surface area contributed by atoms with Crippen LogP contribution >= 0.6 is 0 Å². The van der Waals surface area contributed by atoms with Gasteiger partial charge in [0.25, 0.3) is 0 Å². The number of urea groups is 1. The van der Waals surface area contributed by atoms with Crippen molar-refractivity contribution in [3.05, 3.63) is 29.6 Å². The molecule has 0 radical (unpaired) electrons. The molecule has 1 aromatic rings. The Morgan fingerprint density at radius 2 is 1.96 bits per heavy atom. The molecule has 132 valence electrons. The average Bonchev–Trinajstić information content (AvgIpc) is 2.42. The van der Waals surface area contributed by atoms with Gasteiger partial charge in [-0.2, -0.15) is 13.2 Å². The molecule has 0 spiro atoms. The normalized spacial score (nSPS) is 14.8. The number of hydrogen-bond donors (Lipinski definition) is 2. The predicted octanol–water partition coefficient (Wildman–Crippen LogP) is 3.26. The third-order valence-corrected chi connectivity index (χ3v) is 3.91. The summed E-state index contributed by atoms with van der Waals surface area (Å²) in [6.07, 6.45) is -3.43. The van der Waals surface area contributed by atoms with Crippen LogP contribution < -0.4 is 11.1 Å². The van der Waals surface area contributed by atoms with Gasteiger partial charge in [-0.3, -0.25) is 4.79 Å². The topological polar surface area (TPSA) is 75.4 Å². The molecule has 9 heteroatoms. The van der Waals surface area contributed by atoms with Crippen LogP contribution in [0.3, 0.4) is 0 Å². The van der Waals surface area contributed by atoms with E-state index in [0.717, 1.165) is 23.5 Å². The van der Waals surface area contributed by atoms with Gasteiger partial charge in [0, 0.05) is 18.2 Å². The van der Waals surface area contributed by atoms with Crippen molar-refractivity contribution in [3.63, 3.8) is 0 Å². The minimum atomic E-state index is -4.38. The first-order chi connectivity index (χ1) is 11.2. The molecule has 1 fully saturated rings. The lowest BCUT2D eigenvalue weighted by Gasteiger charge is -2.37. The second-order valence-corrected chi connectivity index (χ2v) is 5.63. The number of hydrogen-bond acceptors (Lipinski definition) is 2. The van der Waals surface area contributed by atoms with Crippen LogP contribution in [-0.4, -0.2) is 35.6 Å². The zero-order valence-electron chi connectivity index (χ0n) is 12.7. The number of carbonyl (C=O) groups excluding carboxylic acids is 2. The maximum atomic E-state index is 13.9. The average molecular weight is 347 g/mol. The molecule has 0 saturated heterocycles. The van der Waals surface area contributed by atoms with Gasteiger partial charge in [0.2, 0.25) is 5.91 Å². The zero-order chi connectivity index (χ0) is 17.9. The lowest BCUT2D eigenvalue weighted by molar-refractivity contribution is -0.137. The quantitative estimate of drug-likeness (QED) is 0.802. The monoisotopic (exact) mass is 347 g/mol. The highest BCUT2D eigenvalue weighted by Gasteiger charge is 2.34. The number of rotatable bonds is 5. The summed E-state index contributed by atoms with van der Waals surface area (Å²) >= 11 is 0. The molecule has 0 atom stereocenters. The summed E-state index contributed by atoms with van der Waals surface area (Å²) in [5.41, 5.74) is 4.73. The Balaban J connectivity index is 2.08. The van der Waals surface area contributed by atoms with E-state index in [1.54, 1.807) is 0 Å². The van der Waals surface area contributed by atoms with E-state index in [9.17, 15) is 27.2 Å². The van der Waals surface area contributed by atoms with Gasteiger partial charge in [0.05, 0.1) is 12.1 Å². The molecule has 24 heavy (non-hydrogen) atoms. The fourth-order valence-electron chi connectivity index (χ4n) is 2.35. The molecule has 0 unspecified atom stereocenters. The third-order valence-electron chi connectivity index (χ3n) is 3.91. The molecule has 2 rings (SSSR count). The Morgan fingerprint density at radius 1 is 1.29 bits per heavy atom. The largest absolute Gasteiger partial charge is 0.390 e. The summed E-state index contributed by atoms with van der Waals surface area (Å²) in [6.45, 7) is -0.485. The maximum Gasteiger partial charge on any atom is 0.390 e. The van der Waals surface area contributed by atoms with Gasteiger partial charge >= 0.3 is 12.2 Å². The molecule has 0 heterocycles. The number of nitrogens with one attached hydrogen (secondary N) is 1. The highest BCUT2D eigenvalue weighted by atomic mass is 19.4. The van der Waals surface area contributed by atoms with E-state index in [0.29, 0.717) is 12.8 Å². The van der Waals surface area contributed by atoms with Gasteiger partial charge in [0.15, 0.2) is 0 Å². The van der Waals surface area contributed by atoms with Crippen LogP contribution in [0.5, 0.6) is 0 Å². The van der Waals surface area contributed by atoms with Crippen LogP contribution in [-0.2, 0) is 0 Å². The van der Waals surface area contributed by atoms with E-state index in [1.807, 2.05) is 0 Å². The zero-order valence-corrected chi connectivity index (χ0v) is 12.7. The molecule has 0 aliphatic heterocycles. The second kappa shape index (κ2) is 7.06. The second-order valence-electron chi connectivity index (χ2n) is 5.63. The Bertz CT molecular complexity index is 630. The third kappa shape index (κ3) is 4.59. The van der Waals surface area contributed by atoms with E-state index in [1.165, 1.54) is 6.07 Å². The van der Waals surface area contributed by atoms with Crippen molar-refractivity contribution in [3.8, 4) is 0 Å². The smallest absolute Gasteiger partial charge is 0.366 e. The fourth-order valence-corrected chi connectivity index (χ4v) is 2.35. The number of nitrogens with zero attached hydrogens (tertiary/aromatic N) is 1. The number of primary amides is 1. The molecule has 1 saturated carbocycles. The highest BCUT2D eigenvalue weighted by molar-refractivity contribution is 5.94. The van der Waals surface area contributed by atoms with E-state index in [-0.39, 0.29) is 17.3 Å². The molecule has 0 bridgehead atoms. The van der Waals surface area contributed by atoms with Crippen molar-refractivity contribution in [2.75, 3.05) is 11.9 Å². The van der Waals surface area contributed by atoms with Crippen molar-refractivity contribution in [1.82, 2.24) is 4.90 Å². The molecule has 1 aromatic carbocycles. The van der Waals surface area contributed by atoms with Crippen molar-refractivity contribution in [2.24, 2.45) is 5.73 Å². The first-order valence-electron chi connectivity index (χ1n) is 7.41. The van der Waals surface area contributed by atoms with Crippen LogP contribution in [0.2, 0.25) is 0 Å². The predicted molar refractivity (Wildman–Crippen MR) is 79.0 cm³/mol. The Labute approximate surface area is 135 Å². The molecule has 1 aliphatic carbocycles. The molecule has 3 N–H and O–H groups in total. The summed E-state index contributed by atoms with van der Waals surface area (Å²) in [6, 6.07) is 2.16. The maximum absolute atomic E-state index is 13.9. The van der Waals surface area contributed by atoms with Crippen LogP contribution in [0.15, 0.2) is 18.2 Å². The van der Waals surface area contributed by atoms with Crippen LogP contribution in [0.25, 0.3) is 0 Å². The summed E-state index contributed by atoms with van der Waals surface area (Å²) < 4.78 is 51.1. The van der Waals surface area contributed by atoms with E-state index in [4.69, 9.17) is 5.73 Å². The number of anilines is 1. The van der Waals surface area contributed by atoms with Gasteiger partial charge in [-0.1, -0.05) is 0 Å². The first-order valence-corrected chi connectivity index (χ1v) is 7.41. The molecular weight excluding hydrogens is 330 g/mol. The summed E-state index contributed by atoms with van der Waals surface area (Å²) in [7, 11) is 0. The molecule has 3 amide bonds. The molecule has 5 nitrogen and oxygen atoms in total. The van der Waals surface area contributed by atoms with Crippen molar-refractivity contribution in [1.29, 1.82) is 0 Å². The first kappa shape index (κ1) is 18.0. The number of alkyl halides is 3. The number of nitrogens with two attached hydrogens (primary N) is 1. The van der Waals surface area contributed by atoms with Crippen molar-refractivity contribution >= 4 is 17.6 Å². The van der Waals surface area contributed by atoms with Crippen molar-refractivity contribution in [2.45, 2.75) is 37.9 Å². The van der Waals surface area contributed by atoms with Crippen LogP contribution in [0, 0.1) is 5.82 Å². The summed E-state index contributed by atoms with van der Waals surface area (Å²) in [4.78, 5) is 24.3. The van der Waals surface area contributed by atoms with E-state index < -0.39 is 36.9 Å². The highest BCUT2D eigenvalue weighted by Crippen LogP contribution is 2.28. The van der Waals surface area contributed by atoms with Gasteiger partial charge in [-0.05, 0) is 37.5 Å². The lowest BCUT2D eigenvalue weighted by Crippen LogP contribution is -2.47. The van der Waals surface area contributed by atoms with Gasteiger partial charge in [-0.25, -0.2) is 9.18 Å². The Morgan fingerprint density at radius 3 is 2.42 bits per heavy atom. The Kier molecular flexibility index (Phi) is 5.30. The van der Waals surface area contributed by atoms with Crippen LogP contribution in [0.1, 0.15) is 36.0 Å².